The van der Waals surface area contributed by atoms with Gasteiger partial charge in [0.2, 0.25) is 0 Å². The molecule has 1 amide bonds. The van der Waals surface area contributed by atoms with E-state index in [1.807, 2.05) is 26.2 Å². The van der Waals surface area contributed by atoms with E-state index in [2.05, 4.69) is 15.4 Å². The Labute approximate surface area is 136 Å². The van der Waals surface area contributed by atoms with Crippen LogP contribution >= 0.6 is 22.9 Å². The summed E-state index contributed by atoms with van der Waals surface area (Å²) >= 11 is 7.52. The minimum Gasteiger partial charge on any atom is -0.319 e. The number of benzene rings is 1. The molecule has 5 nitrogen and oxygen atoms in total. The first kappa shape index (κ1) is 14.7. The van der Waals surface area contributed by atoms with Crippen LogP contribution in [-0.2, 0) is 7.05 Å². The molecular weight excluding hydrogens is 320 g/mol. The van der Waals surface area contributed by atoms with Gasteiger partial charge in [-0.3, -0.25) is 9.48 Å². The van der Waals surface area contributed by atoms with E-state index in [1.54, 1.807) is 28.4 Å². The van der Waals surface area contributed by atoms with Crippen molar-refractivity contribution in [1.29, 1.82) is 0 Å². The lowest BCUT2D eigenvalue weighted by Gasteiger charge is -2.06. The molecule has 0 unspecified atom stereocenters. The quantitative estimate of drug-likeness (QED) is 0.794. The van der Waals surface area contributed by atoms with Gasteiger partial charge in [0.25, 0.3) is 5.91 Å². The molecule has 22 heavy (non-hydrogen) atoms. The van der Waals surface area contributed by atoms with Gasteiger partial charge in [0.05, 0.1) is 16.9 Å². The Morgan fingerprint density at radius 1 is 1.41 bits per heavy atom. The van der Waals surface area contributed by atoms with Crippen molar-refractivity contribution in [2.75, 3.05) is 5.32 Å². The Morgan fingerprint density at radius 2 is 2.23 bits per heavy atom. The summed E-state index contributed by atoms with van der Waals surface area (Å²) in [7, 11) is 1.84. The van der Waals surface area contributed by atoms with Crippen molar-refractivity contribution < 1.29 is 4.79 Å². The van der Waals surface area contributed by atoms with Crippen LogP contribution < -0.4 is 5.32 Å². The van der Waals surface area contributed by atoms with E-state index in [0.717, 1.165) is 16.1 Å². The number of rotatable bonds is 3. The average Bonchev–Trinajstić information content (AvgIpc) is 3.10. The number of halogens is 1. The highest BCUT2D eigenvalue weighted by molar-refractivity contribution is 7.13. The molecule has 0 aliphatic carbocycles. The van der Waals surface area contributed by atoms with Crippen LogP contribution in [0, 0.1) is 6.92 Å². The highest BCUT2D eigenvalue weighted by Crippen LogP contribution is 2.25. The Bertz CT molecular complexity index is 840. The lowest BCUT2D eigenvalue weighted by Crippen LogP contribution is -2.12. The van der Waals surface area contributed by atoms with Crippen molar-refractivity contribution in [2.45, 2.75) is 6.92 Å². The molecule has 0 atom stereocenters. The molecule has 3 rings (SSSR count). The lowest BCUT2D eigenvalue weighted by molar-refractivity contribution is 0.102. The summed E-state index contributed by atoms with van der Waals surface area (Å²) in [6, 6.07) is 5.48. The first-order chi connectivity index (χ1) is 10.5. The second-order valence-electron chi connectivity index (χ2n) is 4.88. The molecule has 2 heterocycles. The van der Waals surface area contributed by atoms with Gasteiger partial charge < -0.3 is 5.32 Å². The topological polar surface area (TPSA) is 59.8 Å². The second-order valence-corrected chi connectivity index (χ2v) is 6.14. The number of nitrogens with zero attached hydrogens (tertiary/aromatic N) is 3. The summed E-state index contributed by atoms with van der Waals surface area (Å²) in [5.74, 6) is -0.280. The van der Waals surface area contributed by atoms with Gasteiger partial charge in [-0.25, -0.2) is 4.98 Å². The maximum atomic E-state index is 12.3. The van der Waals surface area contributed by atoms with Gasteiger partial charge in [-0.05, 0) is 24.6 Å². The predicted molar refractivity (Wildman–Crippen MR) is 88.5 cm³/mol. The van der Waals surface area contributed by atoms with Crippen molar-refractivity contribution >= 4 is 34.5 Å². The Morgan fingerprint density at radius 3 is 2.91 bits per heavy atom. The van der Waals surface area contributed by atoms with Crippen LogP contribution in [0.4, 0.5) is 5.69 Å². The van der Waals surface area contributed by atoms with Crippen LogP contribution in [0.2, 0.25) is 5.02 Å². The maximum Gasteiger partial charge on any atom is 0.275 e. The summed E-state index contributed by atoms with van der Waals surface area (Å²) in [6.45, 7) is 1.94. The third-order valence-electron chi connectivity index (χ3n) is 3.06. The lowest BCUT2D eigenvalue weighted by atomic mass is 10.2. The summed E-state index contributed by atoms with van der Waals surface area (Å²) < 4.78 is 1.70. The number of aryl methyl sites for hydroxylation is 2. The first-order valence-electron chi connectivity index (χ1n) is 6.55. The number of carbonyl (C=O) groups is 1. The molecule has 0 aliphatic heterocycles. The summed E-state index contributed by atoms with van der Waals surface area (Å²) in [5.41, 5.74) is 2.86. The van der Waals surface area contributed by atoms with Crippen LogP contribution in [0.5, 0.6) is 0 Å². The second kappa shape index (κ2) is 5.90. The van der Waals surface area contributed by atoms with E-state index in [1.165, 1.54) is 11.3 Å². The Hall–Kier alpha value is -2.18. The van der Waals surface area contributed by atoms with Crippen molar-refractivity contribution in [2.24, 2.45) is 7.05 Å². The summed E-state index contributed by atoms with van der Waals surface area (Å²) in [4.78, 5) is 16.6. The van der Waals surface area contributed by atoms with E-state index in [0.29, 0.717) is 16.4 Å². The van der Waals surface area contributed by atoms with Crippen LogP contribution in [0.3, 0.4) is 0 Å². The SMILES string of the molecule is Cc1ccc(NC(=O)c2csc(-c3cnn(C)c3)n2)c(Cl)c1. The van der Waals surface area contributed by atoms with Crippen LogP contribution in [0.25, 0.3) is 10.6 Å². The van der Waals surface area contributed by atoms with Gasteiger partial charge in [0, 0.05) is 24.2 Å². The van der Waals surface area contributed by atoms with Crippen LogP contribution in [-0.4, -0.2) is 20.7 Å². The van der Waals surface area contributed by atoms with E-state index in [4.69, 9.17) is 11.6 Å². The molecule has 0 saturated carbocycles. The van der Waals surface area contributed by atoms with Crippen molar-refractivity contribution in [1.82, 2.24) is 14.8 Å². The summed E-state index contributed by atoms with van der Waals surface area (Å²) in [6.07, 6.45) is 3.58. The van der Waals surface area contributed by atoms with Gasteiger partial charge >= 0.3 is 0 Å². The minimum absolute atomic E-state index is 0.280. The number of hydrogen-bond donors (Lipinski definition) is 1. The largest absolute Gasteiger partial charge is 0.319 e. The smallest absolute Gasteiger partial charge is 0.275 e. The first-order valence-corrected chi connectivity index (χ1v) is 7.81. The van der Waals surface area contributed by atoms with Gasteiger partial charge in [0.15, 0.2) is 0 Å². The molecule has 0 saturated heterocycles. The molecule has 0 bridgehead atoms. The van der Waals surface area contributed by atoms with E-state index < -0.39 is 0 Å². The fraction of sp³-hybridized carbons (Fsp3) is 0.133. The third kappa shape index (κ3) is 3.03. The van der Waals surface area contributed by atoms with E-state index >= 15 is 0 Å². The molecule has 3 aromatic rings. The summed E-state index contributed by atoms with van der Waals surface area (Å²) in [5, 5.41) is 9.87. The van der Waals surface area contributed by atoms with Crippen molar-refractivity contribution in [3.63, 3.8) is 0 Å². The van der Waals surface area contributed by atoms with Gasteiger partial charge in [-0.2, -0.15) is 5.10 Å². The highest BCUT2D eigenvalue weighted by Gasteiger charge is 2.14. The molecule has 0 aliphatic rings. The molecule has 112 valence electrons. The zero-order valence-corrected chi connectivity index (χ0v) is 13.6. The normalized spacial score (nSPS) is 10.7. The average molecular weight is 333 g/mol. The molecule has 0 spiro atoms. The highest BCUT2D eigenvalue weighted by atomic mass is 35.5. The van der Waals surface area contributed by atoms with Gasteiger partial charge in [0.1, 0.15) is 10.7 Å². The number of nitrogens with one attached hydrogen (secondary N) is 1. The number of aromatic nitrogens is 3. The molecule has 1 aromatic carbocycles. The predicted octanol–water partition coefficient (Wildman–Crippen LogP) is 3.76. The zero-order chi connectivity index (χ0) is 15.7. The molecule has 0 fully saturated rings. The fourth-order valence-corrected chi connectivity index (χ4v) is 3.01. The van der Waals surface area contributed by atoms with Crippen molar-refractivity contribution in [3.8, 4) is 10.6 Å². The van der Waals surface area contributed by atoms with Crippen molar-refractivity contribution in [3.05, 3.63) is 52.3 Å². The van der Waals surface area contributed by atoms with E-state index in [-0.39, 0.29) is 5.91 Å². The number of hydrogen-bond acceptors (Lipinski definition) is 4. The number of anilines is 1. The molecule has 1 N–H and O–H groups in total. The van der Waals surface area contributed by atoms with Gasteiger partial charge in [-0.15, -0.1) is 11.3 Å². The van der Waals surface area contributed by atoms with Gasteiger partial charge in [-0.1, -0.05) is 17.7 Å². The Balaban J connectivity index is 1.79. The molecular formula is C15H13ClN4OS. The number of thiazole rings is 1. The van der Waals surface area contributed by atoms with Crippen LogP contribution in [0.15, 0.2) is 36.0 Å². The van der Waals surface area contributed by atoms with E-state index in [9.17, 15) is 4.79 Å². The minimum atomic E-state index is -0.280. The van der Waals surface area contributed by atoms with Crippen LogP contribution in [0.1, 0.15) is 16.1 Å². The maximum absolute atomic E-state index is 12.3. The Kier molecular flexibility index (Phi) is 3.96. The third-order valence-corrected chi connectivity index (χ3v) is 4.27. The number of amides is 1. The fourth-order valence-electron chi connectivity index (χ4n) is 1.95. The standard InChI is InChI=1S/C15H13ClN4OS/c1-9-3-4-12(11(16)5-9)18-14(21)13-8-22-15(19-13)10-6-17-20(2)7-10/h3-8H,1-2H3,(H,18,21). The molecule has 2 aromatic heterocycles. The molecule has 7 heteroatoms. The zero-order valence-electron chi connectivity index (χ0n) is 12.0. The number of carbonyl (C=O) groups excluding carboxylic acids is 1. The monoisotopic (exact) mass is 332 g/mol. The molecule has 0 radical (unpaired) electrons.